The summed E-state index contributed by atoms with van der Waals surface area (Å²) >= 11 is 4.92. The largest absolute Gasteiger partial charge is 0.383 e. The zero-order chi connectivity index (χ0) is 10.8. The van der Waals surface area contributed by atoms with Crippen LogP contribution >= 0.6 is 27.3 Å². The minimum atomic E-state index is -0.568. The molecule has 2 aromatic rings. The summed E-state index contributed by atoms with van der Waals surface area (Å²) in [6.45, 7) is 2.84. The lowest BCUT2D eigenvalue weighted by Crippen LogP contribution is -1.96. The molecule has 2 aromatic heterocycles. The molecule has 0 radical (unpaired) electrons. The summed E-state index contributed by atoms with van der Waals surface area (Å²) in [5.41, 5.74) is 0.839. The van der Waals surface area contributed by atoms with Crippen LogP contribution in [0.2, 0.25) is 0 Å². The van der Waals surface area contributed by atoms with E-state index in [0.717, 1.165) is 20.8 Å². The van der Waals surface area contributed by atoms with Crippen LogP contribution in [0.4, 0.5) is 0 Å². The van der Waals surface area contributed by atoms with Crippen LogP contribution in [-0.2, 0) is 6.54 Å². The van der Waals surface area contributed by atoms with Crippen LogP contribution in [0.15, 0.2) is 28.3 Å². The van der Waals surface area contributed by atoms with Crippen molar-refractivity contribution in [1.82, 2.24) is 9.78 Å². The third-order valence-electron chi connectivity index (χ3n) is 2.16. The summed E-state index contributed by atoms with van der Waals surface area (Å²) in [4.78, 5) is 0.928. The van der Waals surface area contributed by atoms with Gasteiger partial charge >= 0.3 is 0 Å². The Kier molecular flexibility index (Phi) is 3.23. The maximum absolute atomic E-state index is 10.1. The molecule has 0 amide bonds. The van der Waals surface area contributed by atoms with Gasteiger partial charge in [0, 0.05) is 23.2 Å². The van der Waals surface area contributed by atoms with Gasteiger partial charge in [-0.15, -0.1) is 11.3 Å². The highest BCUT2D eigenvalue weighted by atomic mass is 79.9. The molecular formula is C10H11BrN2OS. The maximum Gasteiger partial charge on any atom is 0.116 e. The van der Waals surface area contributed by atoms with E-state index >= 15 is 0 Å². The molecule has 3 nitrogen and oxygen atoms in total. The van der Waals surface area contributed by atoms with E-state index < -0.39 is 6.10 Å². The Balaban J connectivity index is 2.23. The summed E-state index contributed by atoms with van der Waals surface area (Å²) < 4.78 is 2.83. The molecule has 1 unspecified atom stereocenters. The summed E-state index contributed by atoms with van der Waals surface area (Å²) in [5, 5.41) is 14.2. The first-order valence-corrected chi connectivity index (χ1v) is 6.27. The molecule has 0 saturated heterocycles. The lowest BCUT2D eigenvalue weighted by molar-refractivity contribution is 0.224. The lowest BCUT2D eigenvalue weighted by atomic mass is 10.2. The van der Waals surface area contributed by atoms with Crippen molar-refractivity contribution in [3.8, 4) is 0 Å². The van der Waals surface area contributed by atoms with Crippen molar-refractivity contribution in [1.29, 1.82) is 0 Å². The Labute approximate surface area is 100 Å². The van der Waals surface area contributed by atoms with E-state index in [-0.39, 0.29) is 0 Å². The molecule has 0 saturated carbocycles. The summed E-state index contributed by atoms with van der Waals surface area (Å²) in [6.07, 6.45) is 3.02. The highest BCUT2D eigenvalue weighted by Crippen LogP contribution is 2.30. The van der Waals surface area contributed by atoms with Crippen LogP contribution in [0.3, 0.4) is 0 Å². The van der Waals surface area contributed by atoms with Crippen molar-refractivity contribution in [3.05, 3.63) is 38.8 Å². The molecule has 5 heteroatoms. The first-order chi connectivity index (χ1) is 7.20. The molecule has 1 atom stereocenters. The van der Waals surface area contributed by atoms with E-state index in [1.165, 1.54) is 11.3 Å². The van der Waals surface area contributed by atoms with Gasteiger partial charge in [-0.05, 0) is 35.0 Å². The van der Waals surface area contributed by atoms with Gasteiger partial charge in [0.15, 0.2) is 0 Å². The monoisotopic (exact) mass is 286 g/mol. The second kappa shape index (κ2) is 4.47. The SMILES string of the molecule is CCn1cc(C(O)c2ccc(Br)s2)cn1. The number of thiophene rings is 1. The van der Waals surface area contributed by atoms with Gasteiger partial charge in [0.05, 0.1) is 9.98 Å². The lowest BCUT2D eigenvalue weighted by Gasteiger charge is -2.04. The molecule has 0 spiro atoms. The van der Waals surface area contributed by atoms with E-state index in [1.807, 2.05) is 25.3 Å². The van der Waals surface area contributed by atoms with Gasteiger partial charge in [-0.3, -0.25) is 4.68 Å². The van der Waals surface area contributed by atoms with E-state index in [1.54, 1.807) is 10.9 Å². The van der Waals surface area contributed by atoms with Crippen LogP contribution in [0.1, 0.15) is 23.5 Å². The van der Waals surface area contributed by atoms with Crippen LogP contribution < -0.4 is 0 Å². The first-order valence-electron chi connectivity index (χ1n) is 4.66. The van der Waals surface area contributed by atoms with Crippen molar-refractivity contribution < 1.29 is 5.11 Å². The van der Waals surface area contributed by atoms with E-state index in [0.29, 0.717) is 0 Å². The fourth-order valence-corrected chi connectivity index (χ4v) is 2.77. The minimum absolute atomic E-state index is 0.568. The van der Waals surface area contributed by atoms with Gasteiger partial charge in [-0.25, -0.2) is 0 Å². The van der Waals surface area contributed by atoms with Crippen LogP contribution in [0.5, 0.6) is 0 Å². The molecule has 15 heavy (non-hydrogen) atoms. The topological polar surface area (TPSA) is 38.0 Å². The standard InChI is InChI=1S/C10H11BrN2OS/c1-2-13-6-7(5-12-13)10(14)8-3-4-9(11)15-8/h3-6,10,14H,2H2,1H3. The first kappa shape index (κ1) is 10.9. The molecule has 0 fully saturated rings. The molecule has 0 bridgehead atoms. The van der Waals surface area contributed by atoms with Gasteiger partial charge in [-0.2, -0.15) is 5.10 Å². The van der Waals surface area contributed by atoms with Crippen molar-refractivity contribution in [2.75, 3.05) is 0 Å². The van der Waals surface area contributed by atoms with Gasteiger partial charge in [0.1, 0.15) is 6.10 Å². The average molecular weight is 287 g/mol. The number of rotatable bonds is 3. The zero-order valence-corrected chi connectivity index (χ0v) is 10.6. The summed E-state index contributed by atoms with van der Waals surface area (Å²) in [6, 6.07) is 3.86. The fraction of sp³-hybridized carbons (Fsp3) is 0.300. The van der Waals surface area contributed by atoms with E-state index in [4.69, 9.17) is 0 Å². The number of hydrogen-bond donors (Lipinski definition) is 1. The molecule has 80 valence electrons. The molecule has 2 rings (SSSR count). The molecule has 1 N–H and O–H groups in total. The normalized spacial score (nSPS) is 13.0. The molecule has 2 heterocycles. The quantitative estimate of drug-likeness (QED) is 0.942. The highest BCUT2D eigenvalue weighted by molar-refractivity contribution is 9.11. The molecular weight excluding hydrogens is 276 g/mol. The molecule has 0 aromatic carbocycles. The Morgan fingerprint density at radius 3 is 2.93 bits per heavy atom. The van der Waals surface area contributed by atoms with Gasteiger partial charge < -0.3 is 5.11 Å². The summed E-state index contributed by atoms with van der Waals surface area (Å²) in [5.74, 6) is 0. The Hall–Kier alpha value is -0.650. The number of hydrogen-bond acceptors (Lipinski definition) is 3. The number of aliphatic hydroxyl groups is 1. The van der Waals surface area contributed by atoms with Gasteiger partial charge in [-0.1, -0.05) is 0 Å². The Bertz CT molecular complexity index is 452. The number of aliphatic hydroxyl groups excluding tert-OH is 1. The number of halogens is 1. The smallest absolute Gasteiger partial charge is 0.116 e. The highest BCUT2D eigenvalue weighted by Gasteiger charge is 2.14. The van der Waals surface area contributed by atoms with Gasteiger partial charge in [0.2, 0.25) is 0 Å². The van der Waals surface area contributed by atoms with Crippen molar-refractivity contribution in [3.63, 3.8) is 0 Å². The Morgan fingerprint density at radius 1 is 1.60 bits per heavy atom. The third kappa shape index (κ3) is 2.30. The third-order valence-corrected chi connectivity index (χ3v) is 3.83. The maximum atomic E-state index is 10.1. The van der Waals surface area contributed by atoms with Crippen LogP contribution in [0.25, 0.3) is 0 Å². The number of aromatic nitrogens is 2. The second-order valence-electron chi connectivity index (χ2n) is 3.17. The fourth-order valence-electron chi connectivity index (χ4n) is 1.33. The predicted molar refractivity (Wildman–Crippen MR) is 64.0 cm³/mol. The van der Waals surface area contributed by atoms with Crippen LogP contribution in [-0.4, -0.2) is 14.9 Å². The van der Waals surface area contributed by atoms with Crippen molar-refractivity contribution >= 4 is 27.3 Å². The zero-order valence-electron chi connectivity index (χ0n) is 8.22. The molecule has 0 aliphatic rings. The molecule has 0 aliphatic carbocycles. The second-order valence-corrected chi connectivity index (χ2v) is 5.67. The van der Waals surface area contributed by atoms with Crippen LogP contribution in [0, 0.1) is 0 Å². The summed E-state index contributed by atoms with van der Waals surface area (Å²) in [7, 11) is 0. The van der Waals surface area contributed by atoms with Crippen molar-refractivity contribution in [2.24, 2.45) is 0 Å². The predicted octanol–water partition coefficient (Wildman–Crippen LogP) is 2.81. The van der Waals surface area contributed by atoms with E-state index in [9.17, 15) is 5.11 Å². The number of nitrogens with zero attached hydrogens (tertiary/aromatic N) is 2. The Morgan fingerprint density at radius 2 is 2.40 bits per heavy atom. The minimum Gasteiger partial charge on any atom is -0.383 e. The number of aryl methyl sites for hydroxylation is 1. The van der Waals surface area contributed by atoms with Gasteiger partial charge in [0.25, 0.3) is 0 Å². The van der Waals surface area contributed by atoms with Crippen molar-refractivity contribution in [2.45, 2.75) is 19.6 Å². The van der Waals surface area contributed by atoms with E-state index in [2.05, 4.69) is 21.0 Å². The molecule has 0 aliphatic heterocycles. The average Bonchev–Trinajstić information content (AvgIpc) is 2.84.